The van der Waals surface area contributed by atoms with Crippen LogP contribution in [-0.4, -0.2) is 21.7 Å². The highest BCUT2D eigenvalue weighted by atomic mass is 35.7. The molecule has 1 aromatic carbocycles. The Balaban J connectivity index is 3.37. The van der Waals surface area contributed by atoms with Crippen molar-refractivity contribution in [1.29, 1.82) is 0 Å². The van der Waals surface area contributed by atoms with E-state index in [9.17, 15) is 21.6 Å². The van der Waals surface area contributed by atoms with Crippen molar-refractivity contribution in [3.8, 4) is 5.75 Å². The van der Waals surface area contributed by atoms with Crippen molar-refractivity contribution in [2.45, 2.75) is 11.4 Å². The van der Waals surface area contributed by atoms with Gasteiger partial charge in [0.15, 0.2) is 5.25 Å². The largest absolute Gasteiger partial charge is 0.495 e. The monoisotopic (exact) mass is 322 g/mol. The zero-order valence-electron chi connectivity index (χ0n) is 8.83. The first-order valence-corrected chi connectivity index (χ1v) is 7.16. The molecule has 0 aliphatic heterocycles. The highest BCUT2D eigenvalue weighted by Gasteiger charge is 2.49. The van der Waals surface area contributed by atoms with Crippen LogP contribution in [0.5, 0.6) is 5.75 Å². The summed E-state index contributed by atoms with van der Waals surface area (Å²) in [6.07, 6.45) is -5.03. The molecule has 0 fully saturated rings. The normalized spacial score (nSPS) is 14.3. The molecule has 0 bridgehead atoms. The van der Waals surface area contributed by atoms with Crippen LogP contribution in [0, 0.1) is 0 Å². The lowest BCUT2D eigenvalue weighted by Gasteiger charge is -2.18. The number of halogens is 5. The lowest BCUT2D eigenvalue weighted by Crippen LogP contribution is -2.25. The van der Waals surface area contributed by atoms with Gasteiger partial charge in [0.1, 0.15) is 5.75 Å². The molecule has 0 radical (unpaired) electrons. The Kier molecular flexibility index (Phi) is 4.40. The van der Waals surface area contributed by atoms with E-state index < -0.39 is 26.0 Å². The van der Waals surface area contributed by atoms with Gasteiger partial charge in [-0.1, -0.05) is 17.7 Å². The number of hydrogen-bond acceptors (Lipinski definition) is 3. The van der Waals surface area contributed by atoms with Gasteiger partial charge < -0.3 is 4.74 Å². The molecule has 1 unspecified atom stereocenters. The SMILES string of the molecule is COc1ccc(C(C(F)(F)F)S(=O)(=O)Cl)cc1Cl. The van der Waals surface area contributed by atoms with Crippen LogP contribution in [0.1, 0.15) is 10.8 Å². The highest BCUT2D eigenvalue weighted by molar-refractivity contribution is 8.14. The van der Waals surface area contributed by atoms with Crippen LogP contribution in [0.15, 0.2) is 18.2 Å². The fourth-order valence-electron chi connectivity index (χ4n) is 1.36. The molecule has 9 heteroatoms. The number of alkyl halides is 3. The predicted molar refractivity (Wildman–Crippen MR) is 61.6 cm³/mol. The van der Waals surface area contributed by atoms with Gasteiger partial charge in [0.05, 0.1) is 12.1 Å². The second kappa shape index (κ2) is 5.14. The van der Waals surface area contributed by atoms with E-state index in [1.165, 1.54) is 7.11 Å². The van der Waals surface area contributed by atoms with Crippen LogP contribution in [-0.2, 0) is 9.05 Å². The topological polar surface area (TPSA) is 43.4 Å². The van der Waals surface area contributed by atoms with E-state index in [4.69, 9.17) is 27.0 Å². The van der Waals surface area contributed by atoms with E-state index in [0.717, 1.165) is 18.2 Å². The van der Waals surface area contributed by atoms with Crippen molar-refractivity contribution in [2.24, 2.45) is 0 Å². The van der Waals surface area contributed by atoms with Crippen LogP contribution in [0.4, 0.5) is 13.2 Å². The zero-order chi connectivity index (χ0) is 14.1. The minimum Gasteiger partial charge on any atom is -0.495 e. The van der Waals surface area contributed by atoms with E-state index in [1.807, 2.05) is 0 Å². The Morgan fingerprint density at radius 3 is 2.22 bits per heavy atom. The van der Waals surface area contributed by atoms with Crippen molar-refractivity contribution < 1.29 is 26.3 Å². The predicted octanol–water partition coefficient (Wildman–Crippen LogP) is 3.52. The van der Waals surface area contributed by atoms with Crippen LogP contribution in [0.3, 0.4) is 0 Å². The summed E-state index contributed by atoms with van der Waals surface area (Å²) in [6.45, 7) is 0. The van der Waals surface area contributed by atoms with Gasteiger partial charge in [-0.3, -0.25) is 0 Å². The van der Waals surface area contributed by atoms with Gasteiger partial charge in [-0.25, -0.2) is 8.42 Å². The van der Waals surface area contributed by atoms with Crippen molar-refractivity contribution in [3.05, 3.63) is 28.8 Å². The van der Waals surface area contributed by atoms with Crippen LogP contribution in [0.2, 0.25) is 5.02 Å². The molecule has 0 saturated heterocycles. The van der Waals surface area contributed by atoms with Gasteiger partial charge in [0, 0.05) is 10.7 Å². The Morgan fingerprint density at radius 1 is 1.33 bits per heavy atom. The number of hydrogen-bond donors (Lipinski definition) is 0. The Labute approximate surface area is 111 Å². The average Bonchev–Trinajstić information content (AvgIpc) is 2.13. The molecule has 0 amide bonds. The summed E-state index contributed by atoms with van der Waals surface area (Å²) in [7, 11) is 1.24. The molecule has 0 aromatic heterocycles. The van der Waals surface area contributed by atoms with Gasteiger partial charge in [0.2, 0.25) is 9.05 Å². The maximum Gasteiger partial charge on any atom is 0.410 e. The summed E-state index contributed by atoms with van der Waals surface area (Å²) in [4.78, 5) is 0. The second-order valence-electron chi connectivity index (χ2n) is 3.29. The van der Waals surface area contributed by atoms with E-state index in [0.29, 0.717) is 0 Å². The summed E-state index contributed by atoms with van der Waals surface area (Å²) in [5.41, 5.74) is -0.566. The number of methoxy groups -OCH3 is 1. The quantitative estimate of drug-likeness (QED) is 0.800. The van der Waals surface area contributed by atoms with Crippen LogP contribution < -0.4 is 4.74 Å². The molecule has 0 aliphatic rings. The van der Waals surface area contributed by atoms with Gasteiger partial charge in [-0.2, -0.15) is 13.2 Å². The van der Waals surface area contributed by atoms with E-state index >= 15 is 0 Å². The summed E-state index contributed by atoms with van der Waals surface area (Å²) in [5.74, 6) is 0.133. The van der Waals surface area contributed by atoms with Crippen molar-refractivity contribution in [3.63, 3.8) is 0 Å². The summed E-state index contributed by atoms with van der Waals surface area (Å²) in [5, 5.41) is -2.96. The Bertz CT molecular complexity index is 542. The molecule has 0 aliphatic carbocycles. The summed E-state index contributed by atoms with van der Waals surface area (Å²) < 4.78 is 64.8. The molecule has 0 saturated carbocycles. The molecular formula is C9H7Cl2F3O3S. The van der Waals surface area contributed by atoms with Crippen LogP contribution in [0.25, 0.3) is 0 Å². The third-order valence-corrected chi connectivity index (χ3v) is 3.99. The highest BCUT2D eigenvalue weighted by Crippen LogP contribution is 2.42. The molecule has 0 heterocycles. The molecule has 1 aromatic rings. The van der Waals surface area contributed by atoms with Gasteiger partial charge in [-0.05, 0) is 17.7 Å². The first kappa shape index (κ1) is 15.4. The minimum absolute atomic E-state index is 0.133. The fraction of sp³-hybridized carbons (Fsp3) is 0.333. The van der Waals surface area contributed by atoms with Crippen molar-refractivity contribution in [2.75, 3.05) is 7.11 Å². The molecule has 1 atom stereocenters. The van der Waals surface area contributed by atoms with Gasteiger partial charge in [0.25, 0.3) is 0 Å². The molecule has 0 spiro atoms. The van der Waals surface area contributed by atoms with Crippen molar-refractivity contribution in [1.82, 2.24) is 0 Å². The van der Waals surface area contributed by atoms with E-state index in [2.05, 4.69) is 0 Å². The second-order valence-corrected chi connectivity index (χ2v) is 6.41. The Morgan fingerprint density at radius 2 is 1.89 bits per heavy atom. The third kappa shape index (κ3) is 3.43. The molecule has 1 rings (SSSR count). The third-order valence-electron chi connectivity index (χ3n) is 2.06. The lowest BCUT2D eigenvalue weighted by atomic mass is 10.1. The van der Waals surface area contributed by atoms with E-state index in [1.54, 1.807) is 0 Å². The standard InChI is InChI=1S/C9H7Cl2F3O3S/c1-17-7-3-2-5(4-6(7)10)8(9(12,13)14)18(11,15)16/h2-4,8H,1H3. The maximum absolute atomic E-state index is 12.7. The maximum atomic E-state index is 12.7. The zero-order valence-corrected chi connectivity index (χ0v) is 11.2. The van der Waals surface area contributed by atoms with Gasteiger partial charge >= 0.3 is 6.18 Å². The van der Waals surface area contributed by atoms with Crippen molar-refractivity contribution >= 4 is 31.3 Å². The number of rotatable bonds is 3. The molecule has 0 N–H and O–H groups in total. The fourth-order valence-corrected chi connectivity index (χ4v) is 3.03. The number of ether oxygens (including phenoxy) is 1. The summed E-state index contributed by atoms with van der Waals surface area (Å²) in [6, 6.07) is 2.94. The molecule has 18 heavy (non-hydrogen) atoms. The van der Waals surface area contributed by atoms with Crippen LogP contribution >= 0.6 is 22.3 Å². The number of benzene rings is 1. The summed E-state index contributed by atoms with van der Waals surface area (Å²) >= 11 is 5.64. The molecular weight excluding hydrogens is 316 g/mol. The van der Waals surface area contributed by atoms with Gasteiger partial charge in [-0.15, -0.1) is 0 Å². The first-order valence-electron chi connectivity index (χ1n) is 4.41. The minimum atomic E-state index is -5.03. The van der Waals surface area contributed by atoms with E-state index in [-0.39, 0.29) is 10.8 Å². The smallest absolute Gasteiger partial charge is 0.410 e. The lowest BCUT2D eigenvalue weighted by molar-refractivity contribution is -0.131. The average molecular weight is 323 g/mol. The molecule has 102 valence electrons. The molecule has 3 nitrogen and oxygen atoms in total. The Hall–Kier alpha value is -0.660. The first-order chi connectivity index (χ1) is 8.07.